The molecule has 2 rings (SSSR count). The van der Waals surface area contributed by atoms with Crippen molar-refractivity contribution in [2.45, 2.75) is 6.92 Å². The maximum absolute atomic E-state index is 12.1. The average Bonchev–Trinajstić information content (AvgIpc) is 2.99. The SMILES string of the molecule is CC(=O)N/C(=C/c1ccccc1)C(=O)OCC(=O)c1ccc(Cl)s1. The van der Waals surface area contributed by atoms with Crippen molar-refractivity contribution in [1.82, 2.24) is 5.32 Å². The fourth-order valence-corrected chi connectivity index (χ4v) is 2.76. The summed E-state index contributed by atoms with van der Waals surface area (Å²) < 4.78 is 5.47. The lowest BCUT2D eigenvalue weighted by Gasteiger charge is -2.08. The molecule has 0 atom stereocenters. The normalized spacial score (nSPS) is 11.0. The molecule has 0 aliphatic carbocycles. The maximum Gasteiger partial charge on any atom is 0.355 e. The van der Waals surface area contributed by atoms with Crippen molar-refractivity contribution in [2.75, 3.05) is 6.61 Å². The number of rotatable bonds is 6. The van der Waals surface area contributed by atoms with Gasteiger partial charge in [-0.25, -0.2) is 4.79 Å². The summed E-state index contributed by atoms with van der Waals surface area (Å²) in [6.07, 6.45) is 1.48. The lowest BCUT2D eigenvalue weighted by atomic mass is 10.2. The van der Waals surface area contributed by atoms with Crippen LogP contribution in [-0.4, -0.2) is 24.3 Å². The molecule has 0 spiro atoms. The first-order valence-corrected chi connectivity index (χ1v) is 8.15. The first-order valence-electron chi connectivity index (χ1n) is 6.95. The summed E-state index contributed by atoms with van der Waals surface area (Å²) >= 11 is 6.88. The zero-order chi connectivity index (χ0) is 17.5. The average molecular weight is 364 g/mol. The van der Waals surface area contributed by atoms with Gasteiger partial charge in [0.15, 0.2) is 6.61 Å². The van der Waals surface area contributed by atoms with Crippen molar-refractivity contribution < 1.29 is 19.1 Å². The van der Waals surface area contributed by atoms with Crippen LogP contribution in [0.5, 0.6) is 0 Å². The second kappa shape index (κ2) is 8.42. The Labute approximate surface area is 147 Å². The van der Waals surface area contributed by atoms with Crippen molar-refractivity contribution in [2.24, 2.45) is 0 Å². The van der Waals surface area contributed by atoms with E-state index in [0.29, 0.717) is 9.21 Å². The summed E-state index contributed by atoms with van der Waals surface area (Å²) in [6, 6.07) is 12.1. The molecule has 1 aromatic heterocycles. The highest BCUT2D eigenvalue weighted by Crippen LogP contribution is 2.21. The molecule has 0 fully saturated rings. The number of carbonyl (C=O) groups excluding carboxylic acids is 3. The van der Waals surface area contributed by atoms with Gasteiger partial charge in [-0.2, -0.15) is 0 Å². The van der Waals surface area contributed by atoms with Gasteiger partial charge >= 0.3 is 5.97 Å². The topological polar surface area (TPSA) is 72.5 Å². The summed E-state index contributed by atoms with van der Waals surface area (Å²) in [4.78, 5) is 35.8. The van der Waals surface area contributed by atoms with E-state index in [9.17, 15) is 14.4 Å². The molecule has 0 bridgehead atoms. The van der Waals surface area contributed by atoms with Gasteiger partial charge < -0.3 is 10.1 Å². The number of nitrogens with one attached hydrogen (secondary N) is 1. The van der Waals surface area contributed by atoms with Gasteiger partial charge in [-0.05, 0) is 23.8 Å². The number of ether oxygens (including phenoxy) is 1. The zero-order valence-corrected chi connectivity index (χ0v) is 14.3. The molecule has 0 aliphatic heterocycles. The monoisotopic (exact) mass is 363 g/mol. The molecule has 1 heterocycles. The molecule has 24 heavy (non-hydrogen) atoms. The number of Topliss-reactive ketones (excluding diaryl/α,β-unsaturated/α-hetero) is 1. The molecule has 0 saturated carbocycles. The van der Waals surface area contributed by atoms with Crippen molar-refractivity contribution >= 4 is 46.7 Å². The van der Waals surface area contributed by atoms with Crippen LogP contribution < -0.4 is 5.32 Å². The molecule has 5 nitrogen and oxygen atoms in total. The van der Waals surface area contributed by atoms with Gasteiger partial charge in [0.25, 0.3) is 0 Å². The van der Waals surface area contributed by atoms with E-state index < -0.39 is 18.5 Å². The van der Waals surface area contributed by atoms with Gasteiger partial charge in [-0.3, -0.25) is 9.59 Å². The third kappa shape index (κ3) is 5.33. The van der Waals surface area contributed by atoms with Gasteiger partial charge in [-0.1, -0.05) is 41.9 Å². The lowest BCUT2D eigenvalue weighted by Crippen LogP contribution is -2.27. The molecule has 124 valence electrons. The van der Waals surface area contributed by atoms with Crippen LogP contribution >= 0.6 is 22.9 Å². The Morgan fingerprint density at radius 2 is 1.88 bits per heavy atom. The Hall–Kier alpha value is -2.44. The van der Waals surface area contributed by atoms with Crippen LogP contribution in [0.1, 0.15) is 22.2 Å². The van der Waals surface area contributed by atoms with E-state index in [0.717, 1.165) is 16.9 Å². The third-order valence-electron chi connectivity index (χ3n) is 2.82. The van der Waals surface area contributed by atoms with Crippen LogP contribution in [0, 0.1) is 0 Å². The summed E-state index contributed by atoms with van der Waals surface area (Å²) in [5.41, 5.74) is 0.681. The van der Waals surface area contributed by atoms with Gasteiger partial charge in [0.1, 0.15) is 5.70 Å². The Morgan fingerprint density at radius 3 is 2.46 bits per heavy atom. The van der Waals surface area contributed by atoms with Crippen molar-refractivity contribution in [3.05, 3.63) is 62.9 Å². The first-order chi connectivity index (χ1) is 11.5. The third-order valence-corrected chi connectivity index (χ3v) is 4.10. The van der Waals surface area contributed by atoms with E-state index in [1.54, 1.807) is 36.4 Å². The number of hydrogen-bond acceptors (Lipinski definition) is 5. The highest BCUT2D eigenvalue weighted by atomic mass is 35.5. The summed E-state index contributed by atoms with van der Waals surface area (Å²) in [5.74, 6) is -1.56. The van der Waals surface area contributed by atoms with E-state index in [1.807, 2.05) is 6.07 Å². The second-order valence-electron chi connectivity index (χ2n) is 4.75. The molecule has 2 aromatic rings. The Balaban J connectivity index is 2.06. The van der Waals surface area contributed by atoms with E-state index in [1.165, 1.54) is 13.0 Å². The number of thiophene rings is 1. The number of carbonyl (C=O) groups is 3. The van der Waals surface area contributed by atoms with Crippen LogP contribution in [-0.2, 0) is 14.3 Å². The number of benzene rings is 1. The smallest absolute Gasteiger partial charge is 0.355 e. The Kier molecular flexibility index (Phi) is 6.28. The van der Waals surface area contributed by atoms with Gasteiger partial charge in [0, 0.05) is 6.92 Å². The molecule has 0 aliphatic rings. The number of amides is 1. The second-order valence-corrected chi connectivity index (χ2v) is 6.47. The number of halogens is 1. The predicted octanol–water partition coefficient (Wildman–Crippen LogP) is 3.30. The Bertz CT molecular complexity index is 783. The van der Waals surface area contributed by atoms with E-state index in [2.05, 4.69) is 5.32 Å². The highest BCUT2D eigenvalue weighted by Gasteiger charge is 2.16. The van der Waals surface area contributed by atoms with Crippen LogP contribution in [0.15, 0.2) is 48.2 Å². The van der Waals surface area contributed by atoms with Crippen LogP contribution in [0.25, 0.3) is 6.08 Å². The summed E-state index contributed by atoms with van der Waals surface area (Å²) in [5, 5.41) is 2.41. The number of ketones is 1. The predicted molar refractivity (Wildman–Crippen MR) is 92.9 cm³/mol. The maximum atomic E-state index is 12.1. The van der Waals surface area contributed by atoms with Crippen LogP contribution in [0.2, 0.25) is 4.34 Å². The molecule has 7 heteroatoms. The van der Waals surface area contributed by atoms with Crippen molar-refractivity contribution in [3.63, 3.8) is 0 Å². The molecule has 0 radical (unpaired) electrons. The highest BCUT2D eigenvalue weighted by molar-refractivity contribution is 7.18. The summed E-state index contributed by atoms with van der Waals surface area (Å²) in [6.45, 7) is 0.853. The molecular weight excluding hydrogens is 350 g/mol. The van der Waals surface area contributed by atoms with E-state index in [4.69, 9.17) is 16.3 Å². The van der Waals surface area contributed by atoms with Gasteiger partial charge in [0.05, 0.1) is 9.21 Å². The molecular formula is C17H14ClNO4S. The molecule has 1 amide bonds. The fraction of sp³-hybridized carbons (Fsp3) is 0.118. The van der Waals surface area contributed by atoms with E-state index in [-0.39, 0.29) is 11.5 Å². The van der Waals surface area contributed by atoms with Crippen molar-refractivity contribution in [1.29, 1.82) is 0 Å². The largest absolute Gasteiger partial charge is 0.453 e. The van der Waals surface area contributed by atoms with Crippen molar-refractivity contribution in [3.8, 4) is 0 Å². The fourth-order valence-electron chi connectivity index (χ4n) is 1.80. The lowest BCUT2D eigenvalue weighted by molar-refractivity contribution is -0.139. The number of hydrogen-bond donors (Lipinski definition) is 1. The summed E-state index contributed by atoms with van der Waals surface area (Å²) in [7, 11) is 0. The first kappa shape index (κ1) is 17.9. The molecule has 0 saturated heterocycles. The minimum absolute atomic E-state index is 0.0364. The Morgan fingerprint density at radius 1 is 1.17 bits per heavy atom. The van der Waals surface area contributed by atoms with Crippen LogP contribution in [0.3, 0.4) is 0 Å². The molecule has 1 N–H and O–H groups in total. The zero-order valence-electron chi connectivity index (χ0n) is 12.7. The van der Waals surface area contributed by atoms with Crippen LogP contribution in [0.4, 0.5) is 0 Å². The van der Waals surface area contributed by atoms with Gasteiger partial charge in [-0.15, -0.1) is 11.3 Å². The molecule has 0 unspecified atom stereocenters. The standard InChI is InChI=1S/C17H14ClNO4S/c1-11(20)19-13(9-12-5-3-2-4-6-12)17(22)23-10-14(21)15-7-8-16(18)24-15/h2-9H,10H2,1H3,(H,19,20)/b13-9+. The quantitative estimate of drug-likeness (QED) is 0.485. The molecule has 1 aromatic carbocycles. The van der Waals surface area contributed by atoms with Gasteiger partial charge in [0.2, 0.25) is 11.7 Å². The minimum Gasteiger partial charge on any atom is -0.453 e. The van der Waals surface area contributed by atoms with E-state index >= 15 is 0 Å². The minimum atomic E-state index is -0.787. The number of esters is 1.